The molecule has 0 saturated carbocycles. The molecule has 88 valence electrons. The van der Waals surface area contributed by atoms with Crippen LogP contribution in [0, 0.1) is 10.1 Å². The number of nitrogens with zero attached hydrogens (tertiary/aromatic N) is 1. The fourth-order valence-corrected chi connectivity index (χ4v) is 1.81. The first kappa shape index (κ1) is 12.6. The summed E-state index contributed by atoms with van der Waals surface area (Å²) in [6.45, 7) is 2.12. The second-order valence-corrected chi connectivity index (χ2v) is 3.80. The predicted octanol–water partition coefficient (Wildman–Crippen LogP) is 3.05. The number of nitrogens with one attached hydrogen (secondary N) is 1. The van der Waals surface area contributed by atoms with Crippen LogP contribution in [0.1, 0.15) is 37.8 Å². The van der Waals surface area contributed by atoms with Crippen molar-refractivity contribution >= 4 is 5.69 Å². The molecule has 0 aromatic heterocycles. The van der Waals surface area contributed by atoms with Crippen LogP contribution in [0.25, 0.3) is 0 Å². The second kappa shape index (κ2) is 6.23. The van der Waals surface area contributed by atoms with Crippen LogP contribution in [-0.4, -0.2) is 12.0 Å². The van der Waals surface area contributed by atoms with Crippen molar-refractivity contribution in [2.24, 2.45) is 0 Å². The van der Waals surface area contributed by atoms with Crippen LogP contribution in [0.5, 0.6) is 0 Å². The Bertz CT molecular complexity index is 353. The largest absolute Gasteiger partial charge is 0.313 e. The molecular formula is C12H18N2O2. The first-order valence-electron chi connectivity index (χ1n) is 5.61. The van der Waals surface area contributed by atoms with E-state index in [4.69, 9.17) is 0 Å². The third-order valence-corrected chi connectivity index (χ3v) is 2.70. The minimum atomic E-state index is -0.314. The van der Waals surface area contributed by atoms with Gasteiger partial charge in [-0.1, -0.05) is 38.0 Å². The van der Waals surface area contributed by atoms with E-state index < -0.39 is 0 Å². The summed E-state index contributed by atoms with van der Waals surface area (Å²) >= 11 is 0. The third kappa shape index (κ3) is 3.03. The summed E-state index contributed by atoms with van der Waals surface area (Å²) < 4.78 is 0. The quantitative estimate of drug-likeness (QED) is 0.594. The molecule has 0 radical (unpaired) electrons. The number of hydrogen-bond donors (Lipinski definition) is 1. The van der Waals surface area contributed by atoms with Gasteiger partial charge in [0, 0.05) is 17.7 Å². The lowest BCUT2D eigenvalue weighted by Crippen LogP contribution is -2.17. The Balaban J connectivity index is 2.94. The molecule has 0 saturated heterocycles. The van der Waals surface area contributed by atoms with E-state index in [1.807, 2.05) is 19.2 Å². The van der Waals surface area contributed by atoms with Crippen molar-refractivity contribution in [1.29, 1.82) is 0 Å². The summed E-state index contributed by atoms with van der Waals surface area (Å²) in [7, 11) is 1.84. The van der Waals surface area contributed by atoms with Gasteiger partial charge in [0.25, 0.3) is 5.69 Å². The highest BCUT2D eigenvalue weighted by atomic mass is 16.6. The number of unbranched alkanes of at least 4 members (excludes halogenated alkanes) is 1. The predicted molar refractivity (Wildman–Crippen MR) is 64.4 cm³/mol. The number of benzene rings is 1. The van der Waals surface area contributed by atoms with E-state index in [0.717, 1.165) is 24.8 Å². The fraction of sp³-hybridized carbons (Fsp3) is 0.500. The molecule has 0 bridgehead atoms. The van der Waals surface area contributed by atoms with Crippen molar-refractivity contribution in [3.8, 4) is 0 Å². The molecule has 0 aliphatic heterocycles. The molecule has 1 N–H and O–H groups in total. The Morgan fingerprint density at radius 1 is 1.44 bits per heavy atom. The summed E-state index contributed by atoms with van der Waals surface area (Å²) in [5.41, 5.74) is 0.987. The molecule has 0 spiro atoms. The average Bonchev–Trinajstić information content (AvgIpc) is 2.30. The SMILES string of the molecule is CCCCC(NC)c1ccccc1[N+](=O)[O-]. The Morgan fingerprint density at radius 3 is 2.69 bits per heavy atom. The zero-order valence-electron chi connectivity index (χ0n) is 9.77. The fourth-order valence-electron chi connectivity index (χ4n) is 1.81. The first-order valence-corrected chi connectivity index (χ1v) is 5.61. The molecule has 1 atom stereocenters. The van der Waals surface area contributed by atoms with Crippen molar-refractivity contribution < 1.29 is 4.92 Å². The van der Waals surface area contributed by atoms with Gasteiger partial charge in [0.05, 0.1) is 4.92 Å². The zero-order valence-corrected chi connectivity index (χ0v) is 9.77. The van der Waals surface area contributed by atoms with Crippen LogP contribution in [0.4, 0.5) is 5.69 Å². The summed E-state index contributed by atoms with van der Waals surface area (Å²) in [5, 5.41) is 14.0. The maximum Gasteiger partial charge on any atom is 0.274 e. The van der Waals surface area contributed by atoms with E-state index in [0.29, 0.717) is 0 Å². The van der Waals surface area contributed by atoms with Crippen LogP contribution in [-0.2, 0) is 0 Å². The topological polar surface area (TPSA) is 55.2 Å². The van der Waals surface area contributed by atoms with Crippen molar-refractivity contribution in [3.63, 3.8) is 0 Å². The van der Waals surface area contributed by atoms with E-state index in [-0.39, 0.29) is 16.7 Å². The highest BCUT2D eigenvalue weighted by molar-refractivity contribution is 5.41. The molecule has 4 heteroatoms. The minimum absolute atomic E-state index is 0.0709. The standard InChI is InChI=1S/C12H18N2O2/c1-3-4-8-11(13-2)10-7-5-6-9-12(10)14(15)16/h5-7,9,11,13H,3-4,8H2,1-2H3. The summed E-state index contributed by atoms with van der Waals surface area (Å²) in [4.78, 5) is 10.6. The number of nitro benzene ring substituents is 1. The summed E-state index contributed by atoms with van der Waals surface area (Å²) in [5.74, 6) is 0. The molecule has 1 rings (SSSR count). The lowest BCUT2D eigenvalue weighted by Gasteiger charge is -2.15. The number of para-hydroxylation sites is 1. The zero-order chi connectivity index (χ0) is 12.0. The Labute approximate surface area is 95.8 Å². The van der Waals surface area contributed by atoms with E-state index in [1.165, 1.54) is 0 Å². The second-order valence-electron chi connectivity index (χ2n) is 3.80. The molecule has 0 fully saturated rings. The van der Waals surface area contributed by atoms with Gasteiger partial charge in [0.15, 0.2) is 0 Å². The maximum absolute atomic E-state index is 10.9. The highest BCUT2D eigenvalue weighted by Gasteiger charge is 2.19. The van der Waals surface area contributed by atoms with Crippen LogP contribution in [0.2, 0.25) is 0 Å². The molecule has 1 aromatic rings. The lowest BCUT2D eigenvalue weighted by atomic mass is 10.00. The van der Waals surface area contributed by atoms with Gasteiger partial charge in [-0.3, -0.25) is 10.1 Å². The Kier molecular flexibility index (Phi) is 4.92. The molecule has 1 aromatic carbocycles. The van der Waals surface area contributed by atoms with Gasteiger partial charge in [-0.2, -0.15) is 0 Å². The van der Waals surface area contributed by atoms with Gasteiger partial charge in [-0.05, 0) is 13.5 Å². The highest BCUT2D eigenvalue weighted by Crippen LogP contribution is 2.27. The van der Waals surface area contributed by atoms with Gasteiger partial charge < -0.3 is 5.32 Å². The van der Waals surface area contributed by atoms with Crippen molar-refractivity contribution in [1.82, 2.24) is 5.32 Å². The average molecular weight is 222 g/mol. The van der Waals surface area contributed by atoms with Crippen LogP contribution < -0.4 is 5.32 Å². The van der Waals surface area contributed by atoms with Crippen LogP contribution >= 0.6 is 0 Å². The molecule has 1 unspecified atom stereocenters. The molecule has 0 heterocycles. The normalized spacial score (nSPS) is 12.4. The minimum Gasteiger partial charge on any atom is -0.313 e. The van der Waals surface area contributed by atoms with Crippen LogP contribution in [0.3, 0.4) is 0 Å². The van der Waals surface area contributed by atoms with Gasteiger partial charge in [0.1, 0.15) is 0 Å². The van der Waals surface area contributed by atoms with E-state index in [9.17, 15) is 10.1 Å². The Hall–Kier alpha value is -1.42. The van der Waals surface area contributed by atoms with E-state index in [2.05, 4.69) is 12.2 Å². The number of hydrogen-bond acceptors (Lipinski definition) is 3. The molecule has 4 nitrogen and oxygen atoms in total. The first-order chi connectivity index (χ1) is 7.70. The van der Waals surface area contributed by atoms with E-state index in [1.54, 1.807) is 12.1 Å². The summed E-state index contributed by atoms with van der Waals surface area (Å²) in [6.07, 6.45) is 3.09. The van der Waals surface area contributed by atoms with Crippen LogP contribution in [0.15, 0.2) is 24.3 Å². The smallest absolute Gasteiger partial charge is 0.274 e. The monoisotopic (exact) mass is 222 g/mol. The molecule has 16 heavy (non-hydrogen) atoms. The van der Waals surface area contributed by atoms with Crippen molar-refractivity contribution in [3.05, 3.63) is 39.9 Å². The van der Waals surface area contributed by atoms with Gasteiger partial charge in [-0.25, -0.2) is 0 Å². The third-order valence-electron chi connectivity index (χ3n) is 2.70. The van der Waals surface area contributed by atoms with Gasteiger partial charge in [0.2, 0.25) is 0 Å². The lowest BCUT2D eigenvalue weighted by molar-refractivity contribution is -0.385. The van der Waals surface area contributed by atoms with Crippen molar-refractivity contribution in [2.45, 2.75) is 32.2 Å². The molecule has 0 aliphatic rings. The van der Waals surface area contributed by atoms with Crippen molar-refractivity contribution in [2.75, 3.05) is 7.05 Å². The van der Waals surface area contributed by atoms with E-state index >= 15 is 0 Å². The molecule has 0 amide bonds. The van der Waals surface area contributed by atoms with Gasteiger partial charge >= 0.3 is 0 Å². The summed E-state index contributed by atoms with van der Waals surface area (Å²) in [6, 6.07) is 7.01. The molecule has 0 aliphatic carbocycles. The molecular weight excluding hydrogens is 204 g/mol. The van der Waals surface area contributed by atoms with Gasteiger partial charge in [-0.15, -0.1) is 0 Å². The maximum atomic E-state index is 10.9. The number of rotatable bonds is 6. The number of nitro groups is 1. The Morgan fingerprint density at radius 2 is 2.12 bits per heavy atom.